The zero-order valence-electron chi connectivity index (χ0n) is 16.0. The molecule has 0 aliphatic carbocycles. The van der Waals surface area contributed by atoms with Crippen LogP contribution in [0.5, 0.6) is 0 Å². The smallest absolute Gasteiger partial charge is 0.309 e. The molecule has 1 aliphatic heterocycles. The van der Waals surface area contributed by atoms with Crippen LogP contribution in [0.3, 0.4) is 0 Å². The summed E-state index contributed by atoms with van der Waals surface area (Å²) in [6, 6.07) is 14.8. The number of esters is 1. The minimum Gasteiger partial charge on any atom is -0.466 e. The van der Waals surface area contributed by atoms with E-state index in [-0.39, 0.29) is 17.7 Å². The molecular formula is C22H24FN3O2. The molecule has 0 amide bonds. The Hall–Kier alpha value is -2.89. The molecule has 3 aromatic rings. The number of hydrogen-bond donors (Lipinski definition) is 0. The Morgan fingerprint density at radius 3 is 2.61 bits per heavy atom. The van der Waals surface area contributed by atoms with Gasteiger partial charge in [-0.25, -0.2) is 9.37 Å². The Morgan fingerprint density at radius 1 is 1.14 bits per heavy atom. The van der Waals surface area contributed by atoms with E-state index in [1.54, 1.807) is 12.1 Å². The molecule has 28 heavy (non-hydrogen) atoms. The number of carbonyl (C=O) groups excluding carboxylic acids is 1. The van der Waals surface area contributed by atoms with Crippen molar-refractivity contribution in [2.24, 2.45) is 5.92 Å². The van der Waals surface area contributed by atoms with Gasteiger partial charge in [-0.15, -0.1) is 0 Å². The fraction of sp³-hybridized carbons (Fsp3) is 0.364. The van der Waals surface area contributed by atoms with Gasteiger partial charge in [-0.2, -0.15) is 0 Å². The first-order chi connectivity index (χ1) is 13.7. The van der Waals surface area contributed by atoms with Crippen LogP contribution < -0.4 is 4.90 Å². The second kappa shape index (κ2) is 8.00. The largest absolute Gasteiger partial charge is 0.466 e. The van der Waals surface area contributed by atoms with Gasteiger partial charge < -0.3 is 14.2 Å². The van der Waals surface area contributed by atoms with E-state index in [4.69, 9.17) is 9.72 Å². The predicted molar refractivity (Wildman–Crippen MR) is 107 cm³/mol. The summed E-state index contributed by atoms with van der Waals surface area (Å²) in [5.74, 6) is 0.446. The molecule has 146 valence electrons. The Kier molecular flexibility index (Phi) is 5.28. The number of benzene rings is 2. The molecule has 1 saturated heterocycles. The van der Waals surface area contributed by atoms with Crippen molar-refractivity contribution in [3.05, 3.63) is 59.9 Å². The number of piperidine rings is 1. The van der Waals surface area contributed by atoms with Crippen LogP contribution in [-0.2, 0) is 16.1 Å². The van der Waals surface area contributed by atoms with Gasteiger partial charge in [0.2, 0.25) is 5.95 Å². The molecule has 1 aromatic heterocycles. The summed E-state index contributed by atoms with van der Waals surface area (Å²) in [5, 5.41) is 0. The van der Waals surface area contributed by atoms with Crippen LogP contribution in [0.2, 0.25) is 0 Å². The number of hydrogen-bond acceptors (Lipinski definition) is 4. The lowest BCUT2D eigenvalue weighted by molar-refractivity contribution is -0.148. The maximum absolute atomic E-state index is 14.3. The number of fused-ring (bicyclic) bond motifs is 1. The van der Waals surface area contributed by atoms with Crippen molar-refractivity contribution in [3.8, 4) is 0 Å². The molecule has 2 aromatic carbocycles. The molecule has 0 radical (unpaired) electrons. The molecular weight excluding hydrogens is 357 g/mol. The standard InChI is InChI=1S/C22H24FN3O2/c1-2-28-21(27)16-11-13-25(14-12-16)22-24-19-9-5-6-10-20(19)26(22)15-17-7-3-4-8-18(17)23/h3-10,16H,2,11-15H2,1H3. The molecule has 1 fully saturated rings. The van der Waals surface area contributed by atoms with Crippen LogP contribution in [0.4, 0.5) is 10.3 Å². The van der Waals surface area contributed by atoms with Gasteiger partial charge in [-0.05, 0) is 38.0 Å². The number of imidazole rings is 1. The van der Waals surface area contributed by atoms with Gasteiger partial charge >= 0.3 is 5.97 Å². The van der Waals surface area contributed by atoms with Crippen LogP contribution in [0.1, 0.15) is 25.3 Å². The Bertz CT molecular complexity index is 977. The second-order valence-corrected chi connectivity index (χ2v) is 7.09. The van der Waals surface area contributed by atoms with Crippen molar-refractivity contribution in [2.75, 3.05) is 24.6 Å². The Balaban J connectivity index is 1.62. The molecule has 2 heterocycles. The molecule has 0 unspecified atom stereocenters. The second-order valence-electron chi connectivity index (χ2n) is 7.09. The van der Waals surface area contributed by atoms with Gasteiger partial charge in [0.15, 0.2) is 0 Å². The zero-order chi connectivity index (χ0) is 19.5. The summed E-state index contributed by atoms with van der Waals surface area (Å²) < 4.78 is 21.5. The van der Waals surface area contributed by atoms with Crippen molar-refractivity contribution < 1.29 is 13.9 Å². The zero-order valence-corrected chi connectivity index (χ0v) is 16.0. The van der Waals surface area contributed by atoms with Gasteiger partial charge in [-0.3, -0.25) is 4.79 Å². The van der Waals surface area contributed by atoms with Gasteiger partial charge in [0, 0.05) is 18.7 Å². The summed E-state index contributed by atoms with van der Waals surface area (Å²) in [4.78, 5) is 19.0. The summed E-state index contributed by atoms with van der Waals surface area (Å²) in [6.07, 6.45) is 1.48. The Morgan fingerprint density at radius 2 is 1.86 bits per heavy atom. The first-order valence-corrected chi connectivity index (χ1v) is 9.77. The molecule has 5 nitrogen and oxygen atoms in total. The number of aromatic nitrogens is 2. The average molecular weight is 381 g/mol. The molecule has 0 atom stereocenters. The highest BCUT2D eigenvalue weighted by atomic mass is 19.1. The third kappa shape index (κ3) is 3.59. The quantitative estimate of drug-likeness (QED) is 0.627. The lowest BCUT2D eigenvalue weighted by Gasteiger charge is -2.32. The van der Waals surface area contributed by atoms with E-state index in [1.807, 2.05) is 37.3 Å². The molecule has 4 rings (SSSR count). The van der Waals surface area contributed by atoms with E-state index in [9.17, 15) is 9.18 Å². The average Bonchev–Trinajstić information content (AvgIpc) is 3.08. The van der Waals surface area contributed by atoms with Gasteiger partial charge in [0.05, 0.1) is 30.1 Å². The Labute approximate surface area is 163 Å². The number of para-hydroxylation sites is 2. The fourth-order valence-electron chi connectivity index (χ4n) is 3.83. The van der Waals surface area contributed by atoms with Crippen LogP contribution in [0, 0.1) is 11.7 Å². The van der Waals surface area contributed by atoms with Crippen LogP contribution in [0.15, 0.2) is 48.5 Å². The van der Waals surface area contributed by atoms with Crippen LogP contribution >= 0.6 is 0 Å². The maximum atomic E-state index is 14.3. The first-order valence-electron chi connectivity index (χ1n) is 9.77. The van der Waals surface area contributed by atoms with Crippen LogP contribution in [0.25, 0.3) is 11.0 Å². The maximum Gasteiger partial charge on any atom is 0.309 e. The number of nitrogens with zero attached hydrogens (tertiary/aromatic N) is 3. The normalized spacial score (nSPS) is 15.1. The van der Waals surface area contributed by atoms with Crippen molar-refractivity contribution in [3.63, 3.8) is 0 Å². The molecule has 0 saturated carbocycles. The molecule has 1 aliphatic rings. The summed E-state index contributed by atoms with van der Waals surface area (Å²) in [7, 11) is 0. The number of ether oxygens (including phenoxy) is 1. The molecule has 0 spiro atoms. The summed E-state index contributed by atoms with van der Waals surface area (Å²) in [6.45, 7) is 4.12. The van der Waals surface area contributed by atoms with Crippen molar-refractivity contribution in [1.82, 2.24) is 9.55 Å². The highest BCUT2D eigenvalue weighted by Crippen LogP contribution is 2.28. The SMILES string of the molecule is CCOC(=O)C1CCN(c2nc3ccccc3n2Cc2ccccc2F)CC1. The third-order valence-electron chi connectivity index (χ3n) is 5.32. The number of anilines is 1. The third-order valence-corrected chi connectivity index (χ3v) is 5.32. The van der Waals surface area contributed by atoms with Gasteiger partial charge in [0.1, 0.15) is 5.82 Å². The minimum atomic E-state index is -0.216. The predicted octanol–water partition coefficient (Wildman–Crippen LogP) is 4.00. The van der Waals surface area contributed by atoms with Crippen LogP contribution in [-0.4, -0.2) is 35.2 Å². The molecule has 0 N–H and O–H groups in total. The van der Waals surface area contributed by atoms with Crippen molar-refractivity contribution in [1.29, 1.82) is 0 Å². The molecule has 0 bridgehead atoms. The van der Waals surface area contributed by atoms with Crippen molar-refractivity contribution in [2.45, 2.75) is 26.3 Å². The van der Waals surface area contributed by atoms with E-state index in [0.717, 1.165) is 42.9 Å². The van der Waals surface area contributed by atoms with E-state index >= 15 is 0 Å². The fourth-order valence-corrected chi connectivity index (χ4v) is 3.83. The summed E-state index contributed by atoms with van der Waals surface area (Å²) >= 11 is 0. The van der Waals surface area contributed by atoms with Gasteiger partial charge in [-0.1, -0.05) is 30.3 Å². The first kappa shape index (κ1) is 18.5. The lowest BCUT2D eigenvalue weighted by Crippen LogP contribution is -2.38. The minimum absolute atomic E-state index is 0.0550. The highest BCUT2D eigenvalue weighted by molar-refractivity contribution is 5.79. The van der Waals surface area contributed by atoms with Crippen molar-refractivity contribution >= 4 is 23.0 Å². The number of rotatable bonds is 5. The van der Waals surface area contributed by atoms with E-state index < -0.39 is 0 Å². The van der Waals surface area contributed by atoms with E-state index in [2.05, 4.69) is 9.47 Å². The molecule has 6 heteroatoms. The highest BCUT2D eigenvalue weighted by Gasteiger charge is 2.28. The topological polar surface area (TPSA) is 47.4 Å². The van der Waals surface area contributed by atoms with E-state index in [0.29, 0.717) is 18.7 Å². The lowest BCUT2D eigenvalue weighted by atomic mass is 9.97. The van der Waals surface area contributed by atoms with E-state index in [1.165, 1.54) is 6.07 Å². The summed E-state index contributed by atoms with van der Waals surface area (Å²) in [5.41, 5.74) is 2.50. The monoisotopic (exact) mass is 381 g/mol. The number of carbonyl (C=O) groups is 1. The number of halogens is 1. The van der Waals surface area contributed by atoms with Gasteiger partial charge in [0.25, 0.3) is 0 Å².